The number of hydrogen-bond acceptors (Lipinski definition) is 4. The third-order valence-corrected chi connectivity index (χ3v) is 6.21. The normalized spacial score (nSPS) is 12.0. The summed E-state index contributed by atoms with van der Waals surface area (Å²) in [7, 11) is 0. The lowest BCUT2D eigenvalue weighted by Crippen LogP contribution is -2.30. The fourth-order valence-electron chi connectivity index (χ4n) is 4.55. The van der Waals surface area contributed by atoms with Gasteiger partial charge in [0.15, 0.2) is 5.92 Å². The van der Waals surface area contributed by atoms with Gasteiger partial charge in [-0.3, -0.25) is 9.59 Å². The minimum absolute atomic E-state index is 0.142. The molecule has 0 spiro atoms. The maximum atomic E-state index is 13.6. The maximum absolute atomic E-state index is 13.6. The summed E-state index contributed by atoms with van der Waals surface area (Å²) in [6.07, 6.45) is 2.09. The Hall–Kier alpha value is -4.70. The van der Waals surface area contributed by atoms with Crippen LogP contribution in [-0.2, 0) is 19.1 Å². The Bertz CT molecular complexity index is 1410. The zero-order valence-electron chi connectivity index (χ0n) is 22.2. The Kier molecular flexibility index (Phi) is 9.63. The van der Waals surface area contributed by atoms with Crippen LogP contribution < -0.4 is 0 Å². The zero-order valence-corrected chi connectivity index (χ0v) is 22.2. The summed E-state index contributed by atoms with van der Waals surface area (Å²) in [5.41, 5.74) is 5.68. The van der Waals surface area contributed by atoms with Crippen LogP contribution in [0.25, 0.3) is 22.8 Å². The molecule has 0 saturated carbocycles. The van der Waals surface area contributed by atoms with Gasteiger partial charge in [0.1, 0.15) is 0 Å². The van der Waals surface area contributed by atoms with Crippen LogP contribution in [0.4, 0.5) is 0 Å². The van der Waals surface area contributed by atoms with Gasteiger partial charge < -0.3 is 9.47 Å². The van der Waals surface area contributed by atoms with Gasteiger partial charge in [-0.25, -0.2) is 0 Å². The highest BCUT2D eigenvalue weighted by Crippen LogP contribution is 2.42. The average Bonchev–Trinajstić information content (AvgIpc) is 2.98. The highest BCUT2D eigenvalue weighted by molar-refractivity contribution is 6.24. The van der Waals surface area contributed by atoms with Crippen LogP contribution in [0.15, 0.2) is 121 Å². The number of carbonyl (C=O) groups is 2. The molecule has 39 heavy (non-hydrogen) atoms. The molecule has 0 aliphatic rings. The van der Waals surface area contributed by atoms with Crippen LogP contribution in [-0.4, -0.2) is 25.2 Å². The lowest BCUT2D eigenvalue weighted by atomic mass is 9.80. The zero-order chi connectivity index (χ0) is 27.5. The third-order valence-electron chi connectivity index (χ3n) is 6.21. The molecule has 0 heterocycles. The van der Waals surface area contributed by atoms with E-state index in [1.54, 1.807) is 13.8 Å². The number of esters is 2. The van der Waals surface area contributed by atoms with E-state index in [4.69, 9.17) is 9.47 Å². The first-order valence-electron chi connectivity index (χ1n) is 13.1. The number of carbonyl (C=O) groups excluding carboxylic acids is 2. The fraction of sp³-hybridized carbons (Fsp3) is 0.143. The number of allylic oxidation sites excluding steroid dienone is 2. The molecule has 4 aromatic carbocycles. The number of benzene rings is 4. The van der Waals surface area contributed by atoms with Crippen LogP contribution in [0.5, 0.6) is 0 Å². The molecule has 0 aliphatic carbocycles. The van der Waals surface area contributed by atoms with Crippen molar-refractivity contribution in [3.63, 3.8) is 0 Å². The third kappa shape index (κ3) is 6.79. The van der Waals surface area contributed by atoms with Gasteiger partial charge in [0, 0.05) is 0 Å². The molecule has 4 nitrogen and oxygen atoms in total. The predicted octanol–water partition coefficient (Wildman–Crippen LogP) is 7.58. The molecule has 0 N–H and O–H groups in total. The molecule has 4 heteroatoms. The van der Waals surface area contributed by atoms with Crippen molar-refractivity contribution < 1.29 is 19.1 Å². The minimum atomic E-state index is -1.29. The monoisotopic (exact) mass is 516 g/mol. The first-order valence-corrected chi connectivity index (χ1v) is 13.1. The lowest BCUT2D eigenvalue weighted by Gasteiger charge is -2.25. The summed E-state index contributed by atoms with van der Waals surface area (Å²) >= 11 is 0. The SMILES string of the molecule is CCOC(=O)C(C(=O)OCC)/C(=C(\C(=C\c1ccccc1)c1ccccc1)c1ccccc1)c1ccccc1. The molecule has 4 rings (SSSR count). The Morgan fingerprint density at radius 2 is 1.00 bits per heavy atom. The number of hydrogen-bond donors (Lipinski definition) is 0. The number of ether oxygens (including phenoxy) is 2. The van der Waals surface area contributed by atoms with Crippen molar-refractivity contribution in [1.29, 1.82) is 0 Å². The van der Waals surface area contributed by atoms with Crippen molar-refractivity contribution in [3.8, 4) is 0 Å². The van der Waals surface area contributed by atoms with Crippen molar-refractivity contribution >= 4 is 34.7 Å². The van der Waals surface area contributed by atoms with Crippen LogP contribution in [0.2, 0.25) is 0 Å². The van der Waals surface area contributed by atoms with E-state index in [1.807, 2.05) is 121 Å². The summed E-state index contributed by atoms with van der Waals surface area (Å²) in [6, 6.07) is 39.3. The van der Waals surface area contributed by atoms with E-state index < -0.39 is 17.9 Å². The summed E-state index contributed by atoms with van der Waals surface area (Å²) in [6.45, 7) is 3.75. The van der Waals surface area contributed by atoms with Crippen molar-refractivity contribution in [2.45, 2.75) is 13.8 Å². The summed E-state index contributed by atoms with van der Waals surface area (Å²) in [5.74, 6) is -2.57. The first-order chi connectivity index (χ1) is 19.1. The topological polar surface area (TPSA) is 52.6 Å². The second-order valence-electron chi connectivity index (χ2n) is 8.79. The molecule has 0 radical (unpaired) electrons. The standard InChI is InChI=1S/C35H32O4/c1-3-38-34(36)33(35(37)39-4-2)32(29-23-15-8-16-24-29)31(28-21-13-7-14-22-28)30(27-19-11-6-12-20-27)25-26-17-9-5-10-18-26/h5-25,33H,3-4H2,1-2H3/b30-25+,32-31-. The molecule has 0 atom stereocenters. The van der Waals surface area contributed by atoms with Gasteiger partial charge in [-0.2, -0.15) is 0 Å². The van der Waals surface area contributed by atoms with Gasteiger partial charge in [-0.05, 0) is 58.9 Å². The van der Waals surface area contributed by atoms with Gasteiger partial charge in [0.2, 0.25) is 0 Å². The molecule has 0 fully saturated rings. The maximum Gasteiger partial charge on any atom is 0.324 e. The van der Waals surface area contributed by atoms with Crippen LogP contribution in [0.3, 0.4) is 0 Å². The molecular formula is C35H32O4. The van der Waals surface area contributed by atoms with E-state index in [0.717, 1.165) is 33.4 Å². The van der Waals surface area contributed by atoms with E-state index in [1.165, 1.54) is 0 Å². The van der Waals surface area contributed by atoms with Crippen LogP contribution in [0.1, 0.15) is 36.1 Å². The fourth-order valence-corrected chi connectivity index (χ4v) is 4.55. The smallest absolute Gasteiger partial charge is 0.324 e. The quantitative estimate of drug-likeness (QED) is 0.0943. The summed E-state index contributed by atoms with van der Waals surface area (Å²) in [4.78, 5) is 27.1. The molecule has 4 aromatic rings. The lowest BCUT2D eigenvalue weighted by molar-refractivity contribution is -0.158. The average molecular weight is 517 g/mol. The van der Waals surface area contributed by atoms with E-state index in [9.17, 15) is 9.59 Å². The van der Waals surface area contributed by atoms with E-state index in [2.05, 4.69) is 6.08 Å². The van der Waals surface area contributed by atoms with Crippen molar-refractivity contribution in [3.05, 3.63) is 144 Å². The molecule has 196 valence electrons. The van der Waals surface area contributed by atoms with E-state index >= 15 is 0 Å². The van der Waals surface area contributed by atoms with Gasteiger partial charge >= 0.3 is 11.9 Å². The second-order valence-corrected chi connectivity index (χ2v) is 8.79. The minimum Gasteiger partial charge on any atom is -0.465 e. The molecule has 0 aliphatic heterocycles. The van der Waals surface area contributed by atoms with Crippen molar-refractivity contribution in [2.75, 3.05) is 13.2 Å². The Labute approximate surface area is 230 Å². The predicted molar refractivity (Wildman–Crippen MR) is 157 cm³/mol. The molecule has 0 unspecified atom stereocenters. The second kappa shape index (κ2) is 13.7. The largest absolute Gasteiger partial charge is 0.465 e. The van der Waals surface area contributed by atoms with Gasteiger partial charge in [-0.15, -0.1) is 0 Å². The Morgan fingerprint density at radius 1 is 0.590 bits per heavy atom. The van der Waals surface area contributed by atoms with E-state index in [0.29, 0.717) is 5.57 Å². The highest BCUT2D eigenvalue weighted by Gasteiger charge is 2.37. The molecular weight excluding hydrogens is 484 g/mol. The van der Waals surface area contributed by atoms with Crippen LogP contribution >= 0.6 is 0 Å². The van der Waals surface area contributed by atoms with E-state index in [-0.39, 0.29) is 13.2 Å². The molecule has 0 amide bonds. The summed E-state index contributed by atoms with van der Waals surface area (Å²) < 4.78 is 10.9. The van der Waals surface area contributed by atoms with Crippen molar-refractivity contribution in [1.82, 2.24) is 0 Å². The Morgan fingerprint density at radius 3 is 1.46 bits per heavy atom. The van der Waals surface area contributed by atoms with Gasteiger partial charge in [0.05, 0.1) is 13.2 Å². The molecule has 0 saturated heterocycles. The number of rotatable bonds is 10. The van der Waals surface area contributed by atoms with Crippen molar-refractivity contribution in [2.24, 2.45) is 5.92 Å². The first kappa shape index (κ1) is 27.3. The van der Waals surface area contributed by atoms with Gasteiger partial charge in [-0.1, -0.05) is 121 Å². The Balaban J connectivity index is 2.17. The molecule has 0 aromatic heterocycles. The van der Waals surface area contributed by atoms with Crippen LogP contribution in [0, 0.1) is 5.92 Å². The summed E-state index contributed by atoms with van der Waals surface area (Å²) in [5, 5.41) is 0. The highest BCUT2D eigenvalue weighted by atomic mass is 16.6. The molecule has 0 bridgehead atoms. The van der Waals surface area contributed by atoms with Gasteiger partial charge in [0.25, 0.3) is 0 Å².